The Bertz CT molecular complexity index is 426. The normalized spacial score (nSPS) is 13.3. The predicted octanol–water partition coefficient (Wildman–Crippen LogP) is 2.36. The minimum absolute atomic E-state index is 0.258. The second-order valence-electron chi connectivity index (χ2n) is 5.18. The molecule has 5 heteroatoms. The van der Waals surface area contributed by atoms with Crippen molar-refractivity contribution in [3.8, 4) is 0 Å². The molecule has 1 aromatic rings. The van der Waals surface area contributed by atoms with Crippen LogP contribution in [0.25, 0.3) is 0 Å². The average molecular weight is 256 g/mol. The number of amides is 1. The Morgan fingerprint density at radius 3 is 2.65 bits per heavy atom. The predicted molar refractivity (Wildman–Crippen MR) is 70.0 cm³/mol. The van der Waals surface area contributed by atoms with Gasteiger partial charge in [0, 0.05) is 6.20 Å². The molecule has 1 aromatic heterocycles. The van der Waals surface area contributed by atoms with Crippen molar-refractivity contribution in [2.45, 2.75) is 33.7 Å². The molecule has 1 amide bonds. The highest BCUT2D eigenvalue weighted by Crippen LogP contribution is 2.22. The highest BCUT2D eigenvalue weighted by molar-refractivity contribution is 6.32. The lowest BCUT2D eigenvalue weighted by atomic mass is 9.87. The van der Waals surface area contributed by atoms with Crippen LogP contribution in [0.1, 0.15) is 26.3 Å². The zero-order chi connectivity index (χ0) is 13.2. The first-order chi connectivity index (χ1) is 7.71. The van der Waals surface area contributed by atoms with Crippen LogP contribution in [0.3, 0.4) is 0 Å². The van der Waals surface area contributed by atoms with Crippen molar-refractivity contribution in [1.82, 2.24) is 4.98 Å². The van der Waals surface area contributed by atoms with Gasteiger partial charge in [0.15, 0.2) is 5.15 Å². The van der Waals surface area contributed by atoms with Crippen molar-refractivity contribution in [3.05, 3.63) is 23.0 Å². The van der Waals surface area contributed by atoms with E-state index in [2.05, 4.69) is 10.3 Å². The third kappa shape index (κ3) is 3.68. The Hall–Kier alpha value is -1.13. The summed E-state index contributed by atoms with van der Waals surface area (Å²) in [6.45, 7) is 7.61. The van der Waals surface area contributed by atoms with Crippen LogP contribution in [0.4, 0.5) is 5.69 Å². The van der Waals surface area contributed by atoms with Crippen LogP contribution < -0.4 is 11.1 Å². The lowest BCUT2D eigenvalue weighted by molar-refractivity contribution is -0.119. The van der Waals surface area contributed by atoms with Gasteiger partial charge >= 0.3 is 0 Å². The number of anilines is 1. The van der Waals surface area contributed by atoms with E-state index in [4.69, 9.17) is 17.3 Å². The second-order valence-corrected chi connectivity index (χ2v) is 5.54. The van der Waals surface area contributed by atoms with Gasteiger partial charge in [-0.2, -0.15) is 0 Å². The first kappa shape index (κ1) is 13.9. The van der Waals surface area contributed by atoms with Crippen LogP contribution in [0.2, 0.25) is 5.15 Å². The van der Waals surface area contributed by atoms with Gasteiger partial charge in [-0.15, -0.1) is 0 Å². The second kappa shape index (κ2) is 5.02. The van der Waals surface area contributed by atoms with Crippen LogP contribution in [-0.4, -0.2) is 16.9 Å². The summed E-state index contributed by atoms with van der Waals surface area (Å²) in [5, 5.41) is 2.97. The summed E-state index contributed by atoms with van der Waals surface area (Å²) >= 11 is 5.89. The molecule has 0 radical (unpaired) electrons. The molecular formula is C12H18ClN3O. The zero-order valence-electron chi connectivity index (χ0n) is 10.5. The smallest absolute Gasteiger partial charge is 0.241 e. The molecule has 0 unspecified atom stereocenters. The number of nitrogens with one attached hydrogen (secondary N) is 1. The van der Waals surface area contributed by atoms with Crippen molar-refractivity contribution >= 4 is 23.2 Å². The van der Waals surface area contributed by atoms with Gasteiger partial charge in [0.2, 0.25) is 5.91 Å². The summed E-state index contributed by atoms with van der Waals surface area (Å²) in [7, 11) is 0. The molecule has 0 aliphatic carbocycles. The molecule has 3 N–H and O–H groups in total. The third-order valence-electron chi connectivity index (χ3n) is 2.45. The zero-order valence-corrected chi connectivity index (χ0v) is 11.3. The van der Waals surface area contributed by atoms with E-state index >= 15 is 0 Å². The van der Waals surface area contributed by atoms with Crippen LogP contribution in [0.15, 0.2) is 12.3 Å². The fourth-order valence-electron chi connectivity index (χ4n) is 1.24. The van der Waals surface area contributed by atoms with Crippen LogP contribution in [0, 0.1) is 12.3 Å². The SMILES string of the molecule is Cc1cnc(Cl)c(NC(=O)[C@@H](N)C(C)(C)C)c1. The average Bonchev–Trinajstić information content (AvgIpc) is 2.21. The van der Waals surface area contributed by atoms with E-state index in [1.54, 1.807) is 12.3 Å². The summed E-state index contributed by atoms with van der Waals surface area (Å²) in [5.41, 5.74) is 6.98. The molecule has 17 heavy (non-hydrogen) atoms. The topological polar surface area (TPSA) is 68.0 Å². The Kier molecular flexibility index (Phi) is 4.11. The molecule has 1 rings (SSSR count). The Labute approximate surface area is 107 Å². The maximum atomic E-state index is 11.9. The Morgan fingerprint density at radius 1 is 1.53 bits per heavy atom. The number of aryl methyl sites for hydroxylation is 1. The van der Waals surface area contributed by atoms with Crippen LogP contribution in [-0.2, 0) is 4.79 Å². The highest BCUT2D eigenvalue weighted by atomic mass is 35.5. The number of carbonyl (C=O) groups is 1. The number of pyridine rings is 1. The van der Waals surface area contributed by atoms with Gasteiger partial charge in [-0.1, -0.05) is 32.4 Å². The van der Waals surface area contributed by atoms with Gasteiger partial charge in [-0.25, -0.2) is 4.98 Å². The van der Waals surface area contributed by atoms with Crippen LogP contribution >= 0.6 is 11.6 Å². The summed E-state index contributed by atoms with van der Waals surface area (Å²) in [5.74, 6) is -0.258. The number of rotatable bonds is 2. The number of nitrogens with zero attached hydrogens (tertiary/aromatic N) is 1. The maximum Gasteiger partial charge on any atom is 0.241 e. The van der Waals surface area contributed by atoms with Crippen molar-refractivity contribution in [2.24, 2.45) is 11.1 Å². The summed E-state index contributed by atoms with van der Waals surface area (Å²) < 4.78 is 0. The monoisotopic (exact) mass is 255 g/mol. The van der Waals surface area contributed by atoms with E-state index < -0.39 is 6.04 Å². The molecule has 0 fully saturated rings. The standard InChI is InChI=1S/C12H18ClN3O/c1-7-5-8(10(13)15-6-7)16-11(17)9(14)12(2,3)4/h5-6,9H,14H2,1-4H3,(H,16,17)/t9-/m1/s1. The van der Waals surface area contributed by atoms with Crippen molar-refractivity contribution in [2.75, 3.05) is 5.32 Å². The molecule has 1 heterocycles. The molecule has 0 aromatic carbocycles. The minimum Gasteiger partial charge on any atom is -0.322 e. The van der Waals surface area contributed by atoms with Gasteiger partial charge in [0.05, 0.1) is 11.7 Å². The van der Waals surface area contributed by atoms with Gasteiger partial charge in [0.1, 0.15) is 0 Å². The molecule has 0 aliphatic heterocycles. The molecule has 0 saturated heterocycles. The Balaban J connectivity index is 2.85. The quantitative estimate of drug-likeness (QED) is 0.797. The van der Waals surface area contributed by atoms with E-state index in [0.29, 0.717) is 5.69 Å². The molecule has 1 atom stereocenters. The molecular weight excluding hydrogens is 238 g/mol. The molecule has 0 saturated carbocycles. The number of nitrogens with two attached hydrogens (primary N) is 1. The molecule has 0 spiro atoms. The number of carbonyl (C=O) groups excluding carboxylic acids is 1. The Morgan fingerprint density at radius 2 is 2.12 bits per heavy atom. The first-order valence-corrected chi connectivity index (χ1v) is 5.78. The molecule has 0 aliphatic rings. The third-order valence-corrected chi connectivity index (χ3v) is 2.75. The summed E-state index contributed by atoms with van der Waals surface area (Å²) in [4.78, 5) is 15.9. The van der Waals surface area contributed by atoms with E-state index in [1.165, 1.54) is 0 Å². The van der Waals surface area contributed by atoms with Gasteiger partial charge < -0.3 is 11.1 Å². The molecule has 4 nitrogen and oxygen atoms in total. The highest BCUT2D eigenvalue weighted by Gasteiger charge is 2.27. The van der Waals surface area contributed by atoms with Crippen LogP contribution in [0.5, 0.6) is 0 Å². The van der Waals surface area contributed by atoms with Gasteiger partial charge in [-0.05, 0) is 24.0 Å². The number of hydrogen-bond acceptors (Lipinski definition) is 3. The van der Waals surface area contributed by atoms with E-state index in [0.717, 1.165) is 5.56 Å². The lowest BCUT2D eigenvalue weighted by Crippen LogP contribution is -2.45. The van der Waals surface area contributed by atoms with E-state index in [1.807, 2.05) is 27.7 Å². The summed E-state index contributed by atoms with van der Waals surface area (Å²) in [6.07, 6.45) is 1.64. The van der Waals surface area contributed by atoms with Crippen molar-refractivity contribution in [1.29, 1.82) is 0 Å². The number of hydrogen-bond donors (Lipinski definition) is 2. The lowest BCUT2D eigenvalue weighted by Gasteiger charge is -2.25. The first-order valence-electron chi connectivity index (χ1n) is 5.40. The maximum absolute atomic E-state index is 11.9. The number of halogens is 1. The number of aromatic nitrogens is 1. The van der Waals surface area contributed by atoms with Crippen molar-refractivity contribution < 1.29 is 4.79 Å². The minimum atomic E-state index is -0.598. The fraction of sp³-hybridized carbons (Fsp3) is 0.500. The van der Waals surface area contributed by atoms with Gasteiger partial charge in [-0.3, -0.25) is 4.79 Å². The largest absolute Gasteiger partial charge is 0.322 e. The van der Waals surface area contributed by atoms with Gasteiger partial charge in [0.25, 0.3) is 0 Å². The fourth-order valence-corrected chi connectivity index (χ4v) is 1.39. The van der Waals surface area contributed by atoms with Crippen molar-refractivity contribution in [3.63, 3.8) is 0 Å². The summed E-state index contributed by atoms with van der Waals surface area (Å²) in [6, 6.07) is 1.17. The molecule has 0 bridgehead atoms. The van der Waals surface area contributed by atoms with E-state index in [9.17, 15) is 4.79 Å². The molecule has 94 valence electrons. The van der Waals surface area contributed by atoms with E-state index in [-0.39, 0.29) is 16.5 Å².